The molecule has 0 saturated carbocycles. The normalized spacial score (nSPS) is 11.0. The Morgan fingerprint density at radius 3 is 2.72 bits per heavy atom. The molecule has 1 aromatic carbocycles. The van der Waals surface area contributed by atoms with E-state index in [0.717, 1.165) is 22.2 Å². The number of benzene rings is 1. The highest BCUT2D eigenvalue weighted by atomic mass is 16.2. The molecule has 3 aromatic heterocycles. The summed E-state index contributed by atoms with van der Waals surface area (Å²) in [4.78, 5) is 20.4. The minimum Gasteiger partial charge on any atom is -0.340 e. The highest BCUT2D eigenvalue weighted by molar-refractivity contribution is 6.02. The Morgan fingerprint density at radius 1 is 1.12 bits per heavy atom. The first-order valence-electron chi connectivity index (χ1n) is 7.63. The number of nitrogens with zero attached hydrogens (tertiary/aromatic N) is 6. The molecule has 124 valence electrons. The molecule has 1 amide bonds. The Hall–Kier alpha value is -3.55. The summed E-state index contributed by atoms with van der Waals surface area (Å²) in [7, 11) is 3.75. The van der Waals surface area contributed by atoms with E-state index in [4.69, 9.17) is 0 Å². The van der Waals surface area contributed by atoms with Crippen LogP contribution in [0.5, 0.6) is 0 Å². The summed E-state index contributed by atoms with van der Waals surface area (Å²) in [6, 6.07) is 7.66. The molecule has 0 fully saturated rings. The molecule has 0 aliphatic carbocycles. The molecule has 0 bridgehead atoms. The first-order valence-corrected chi connectivity index (χ1v) is 7.63. The number of carbonyl (C=O) groups excluding carboxylic acids is 1. The Kier molecular flexibility index (Phi) is 3.50. The summed E-state index contributed by atoms with van der Waals surface area (Å²) >= 11 is 0. The number of amides is 1. The second-order valence-electron chi connectivity index (χ2n) is 5.77. The molecule has 0 unspecified atom stereocenters. The van der Waals surface area contributed by atoms with Crippen LogP contribution in [0.3, 0.4) is 0 Å². The van der Waals surface area contributed by atoms with Crippen molar-refractivity contribution in [3.8, 4) is 11.3 Å². The number of hydrogen-bond donors (Lipinski definition) is 1. The topological polar surface area (TPSA) is 90.5 Å². The van der Waals surface area contributed by atoms with Crippen LogP contribution in [-0.4, -0.2) is 35.2 Å². The molecule has 0 aliphatic rings. The van der Waals surface area contributed by atoms with Crippen LogP contribution >= 0.6 is 0 Å². The number of aromatic nitrogens is 6. The Morgan fingerprint density at radius 2 is 2.00 bits per heavy atom. The number of nitrogens with one attached hydrogen (secondary N) is 1. The van der Waals surface area contributed by atoms with Crippen molar-refractivity contribution in [2.45, 2.75) is 0 Å². The Labute approximate surface area is 143 Å². The van der Waals surface area contributed by atoms with E-state index >= 15 is 0 Å². The van der Waals surface area contributed by atoms with Crippen molar-refractivity contribution in [2.75, 3.05) is 5.32 Å². The Bertz CT molecular complexity index is 1080. The lowest BCUT2D eigenvalue weighted by molar-refractivity contribution is 0.102. The van der Waals surface area contributed by atoms with Crippen molar-refractivity contribution in [1.82, 2.24) is 29.3 Å². The standard InChI is InChI=1S/C17H15N7O/c1-23-8-14(19-10-23)17(25)20-16-6-12-5-11(3-4-13(12)21-22-16)15-7-18-9-24(15)2/h3-10H,1-2H3,(H,20,22,25). The van der Waals surface area contributed by atoms with Gasteiger partial charge in [-0.2, -0.15) is 0 Å². The van der Waals surface area contributed by atoms with Crippen molar-refractivity contribution in [3.05, 3.63) is 55.0 Å². The van der Waals surface area contributed by atoms with Gasteiger partial charge in [0.1, 0.15) is 5.69 Å². The van der Waals surface area contributed by atoms with Gasteiger partial charge in [0, 0.05) is 31.2 Å². The van der Waals surface area contributed by atoms with Crippen LogP contribution in [-0.2, 0) is 14.1 Å². The highest BCUT2D eigenvalue weighted by Gasteiger charge is 2.11. The molecule has 3 heterocycles. The van der Waals surface area contributed by atoms with Gasteiger partial charge in [-0.15, -0.1) is 10.2 Å². The van der Waals surface area contributed by atoms with Crippen LogP contribution in [0.1, 0.15) is 10.5 Å². The molecule has 4 aromatic rings. The summed E-state index contributed by atoms with van der Waals surface area (Å²) in [5.41, 5.74) is 3.09. The van der Waals surface area contributed by atoms with E-state index in [1.807, 2.05) is 29.8 Å². The van der Waals surface area contributed by atoms with E-state index in [9.17, 15) is 4.79 Å². The van der Waals surface area contributed by atoms with Gasteiger partial charge in [-0.25, -0.2) is 9.97 Å². The number of carbonyl (C=O) groups is 1. The molecule has 8 nitrogen and oxygen atoms in total. The third-order valence-electron chi connectivity index (χ3n) is 3.88. The zero-order valence-corrected chi connectivity index (χ0v) is 13.7. The molecular weight excluding hydrogens is 318 g/mol. The minimum atomic E-state index is -0.322. The third-order valence-corrected chi connectivity index (χ3v) is 3.88. The van der Waals surface area contributed by atoms with Gasteiger partial charge < -0.3 is 14.5 Å². The van der Waals surface area contributed by atoms with Gasteiger partial charge in [-0.3, -0.25) is 4.79 Å². The quantitative estimate of drug-likeness (QED) is 0.619. The van der Waals surface area contributed by atoms with Crippen molar-refractivity contribution in [1.29, 1.82) is 0 Å². The second-order valence-corrected chi connectivity index (χ2v) is 5.77. The average Bonchev–Trinajstić information content (AvgIpc) is 3.22. The number of hydrogen-bond acceptors (Lipinski definition) is 5. The summed E-state index contributed by atoms with van der Waals surface area (Å²) in [5.74, 6) is 0.0577. The van der Waals surface area contributed by atoms with Crippen LogP contribution in [0.4, 0.5) is 5.82 Å². The van der Waals surface area contributed by atoms with E-state index < -0.39 is 0 Å². The van der Waals surface area contributed by atoms with E-state index in [-0.39, 0.29) is 5.91 Å². The zero-order valence-electron chi connectivity index (χ0n) is 13.7. The maximum Gasteiger partial charge on any atom is 0.277 e. The van der Waals surface area contributed by atoms with E-state index in [1.54, 1.807) is 42.7 Å². The largest absolute Gasteiger partial charge is 0.340 e. The predicted octanol–water partition coefficient (Wildman–Crippen LogP) is 2.02. The molecule has 0 saturated heterocycles. The number of imidazole rings is 2. The maximum absolute atomic E-state index is 12.2. The summed E-state index contributed by atoms with van der Waals surface area (Å²) in [6.45, 7) is 0. The van der Waals surface area contributed by atoms with Crippen molar-refractivity contribution in [3.63, 3.8) is 0 Å². The first kappa shape index (κ1) is 15.0. The summed E-state index contributed by atoms with van der Waals surface area (Å²) < 4.78 is 3.65. The summed E-state index contributed by atoms with van der Waals surface area (Å²) in [6.07, 6.45) is 6.77. The average molecular weight is 333 g/mol. The lowest BCUT2D eigenvalue weighted by Crippen LogP contribution is -2.13. The fraction of sp³-hybridized carbons (Fsp3) is 0.118. The number of aryl methyl sites for hydroxylation is 2. The lowest BCUT2D eigenvalue weighted by Gasteiger charge is -2.06. The number of rotatable bonds is 3. The summed E-state index contributed by atoms with van der Waals surface area (Å²) in [5, 5.41) is 11.8. The molecule has 0 aliphatic heterocycles. The molecule has 25 heavy (non-hydrogen) atoms. The van der Waals surface area contributed by atoms with Gasteiger partial charge in [0.25, 0.3) is 5.91 Å². The first-order chi connectivity index (χ1) is 12.1. The predicted molar refractivity (Wildman–Crippen MR) is 92.9 cm³/mol. The van der Waals surface area contributed by atoms with Crippen LogP contribution < -0.4 is 5.32 Å². The van der Waals surface area contributed by atoms with E-state index in [2.05, 4.69) is 25.5 Å². The van der Waals surface area contributed by atoms with Crippen LogP contribution in [0.25, 0.3) is 22.2 Å². The molecular formula is C17H15N7O. The third kappa shape index (κ3) is 2.85. The van der Waals surface area contributed by atoms with E-state index in [0.29, 0.717) is 11.5 Å². The molecule has 8 heteroatoms. The van der Waals surface area contributed by atoms with Gasteiger partial charge in [-0.05, 0) is 18.2 Å². The smallest absolute Gasteiger partial charge is 0.277 e. The molecule has 1 N–H and O–H groups in total. The fourth-order valence-electron chi connectivity index (χ4n) is 2.61. The van der Waals surface area contributed by atoms with Crippen LogP contribution in [0.15, 0.2) is 49.3 Å². The molecule has 0 atom stereocenters. The van der Waals surface area contributed by atoms with Crippen molar-refractivity contribution < 1.29 is 4.79 Å². The number of fused-ring (bicyclic) bond motifs is 1. The van der Waals surface area contributed by atoms with Gasteiger partial charge in [0.2, 0.25) is 0 Å². The van der Waals surface area contributed by atoms with Crippen molar-refractivity contribution in [2.24, 2.45) is 14.1 Å². The van der Waals surface area contributed by atoms with Gasteiger partial charge in [0.15, 0.2) is 5.82 Å². The lowest BCUT2D eigenvalue weighted by atomic mass is 10.1. The monoisotopic (exact) mass is 333 g/mol. The van der Waals surface area contributed by atoms with Crippen LogP contribution in [0, 0.1) is 0 Å². The van der Waals surface area contributed by atoms with Crippen LogP contribution in [0.2, 0.25) is 0 Å². The Balaban J connectivity index is 1.67. The number of anilines is 1. The maximum atomic E-state index is 12.2. The van der Waals surface area contributed by atoms with Crippen molar-refractivity contribution >= 4 is 22.6 Å². The minimum absolute atomic E-state index is 0.322. The molecule has 0 spiro atoms. The molecule has 0 radical (unpaired) electrons. The second kappa shape index (κ2) is 5.82. The van der Waals surface area contributed by atoms with E-state index in [1.165, 1.54) is 0 Å². The van der Waals surface area contributed by atoms with Gasteiger partial charge in [-0.1, -0.05) is 6.07 Å². The fourth-order valence-corrected chi connectivity index (χ4v) is 2.61. The SMILES string of the molecule is Cn1cnc(C(=O)Nc2cc3cc(-c4cncn4C)ccc3nn2)c1. The highest BCUT2D eigenvalue weighted by Crippen LogP contribution is 2.24. The zero-order chi connectivity index (χ0) is 17.4. The van der Waals surface area contributed by atoms with Gasteiger partial charge >= 0.3 is 0 Å². The molecule has 4 rings (SSSR count). The van der Waals surface area contributed by atoms with Gasteiger partial charge in [0.05, 0.1) is 30.1 Å².